The quantitative estimate of drug-likeness (QED) is 0.835. The summed E-state index contributed by atoms with van der Waals surface area (Å²) in [5, 5.41) is 8.89. The third-order valence-corrected chi connectivity index (χ3v) is 6.47. The number of nitrogens with zero attached hydrogens (tertiary/aromatic N) is 7. The van der Waals surface area contributed by atoms with Crippen molar-refractivity contribution in [2.24, 2.45) is 11.8 Å². The highest BCUT2D eigenvalue weighted by Gasteiger charge is 2.41. The Bertz CT molecular complexity index is 800. The van der Waals surface area contributed by atoms with E-state index in [0.717, 1.165) is 69.0 Å². The Morgan fingerprint density at radius 2 is 1.81 bits per heavy atom. The molecule has 3 aliphatic heterocycles. The summed E-state index contributed by atoms with van der Waals surface area (Å²) in [6, 6.07) is 0. The van der Waals surface area contributed by atoms with E-state index in [2.05, 4.69) is 48.4 Å². The number of hydrogen-bond acceptors (Lipinski definition) is 6. The highest BCUT2D eigenvalue weighted by Crippen LogP contribution is 2.35. The normalized spacial score (nSPS) is 25.5. The molecule has 26 heavy (non-hydrogen) atoms. The molecule has 0 radical (unpaired) electrons. The summed E-state index contributed by atoms with van der Waals surface area (Å²) >= 11 is 0. The van der Waals surface area contributed by atoms with E-state index in [-0.39, 0.29) is 0 Å². The molecule has 5 rings (SSSR count). The van der Waals surface area contributed by atoms with Crippen molar-refractivity contribution in [2.45, 2.75) is 46.2 Å². The largest absolute Gasteiger partial charge is 0.356 e. The number of fused-ring (bicyclic) bond motifs is 2. The van der Waals surface area contributed by atoms with E-state index in [4.69, 9.17) is 0 Å². The van der Waals surface area contributed by atoms with E-state index in [1.807, 2.05) is 0 Å². The van der Waals surface area contributed by atoms with Gasteiger partial charge in [-0.25, -0.2) is 9.97 Å². The van der Waals surface area contributed by atoms with Crippen LogP contribution in [-0.4, -0.2) is 55.8 Å². The van der Waals surface area contributed by atoms with E-state index in [0.29, 0.717) is 0 Å². The Morgan fingerprint density at radius 3 is 2.62 bits per heavy atom. The van der Waals surface area contributed by atoms with Crippen LogP contribution in [0.15, 0.2) is 6.33 Å². The second kappa shape index (κ2) is 6.30. The molecule has 7 heteroatoms. The summed E-state index contributed by atoms with van der Waals surface area (Å²) < 4.78 is 2.36. The number of aromatic nitrogens is 5. The second-order valence-corrected chi connectivity index (χ2v) is 8.17. The molecule has 2 unspecified atom stereocenters. The van der Waals surface area contributed by atoms with Crippen molar-refractivity contribution in [1.29, 1.82) is 0 Å². The molecule has 7 nitrogen and oxygen atoms in total. The third-order valence-electron chi connectivity index (χ3n) is 6.47. The first-order valence-corrected chi connectivity index (χ1v) is 9.85. The summed E-state index contributed by atoms with van der Waals surface area (Å²) in [6.07, 6.45) is 5.30. The van der Waals surface area contributed by atoms with Gasteiger partial charge in [-0.2, -0.15) is 0 Å². The zero-order valence-electron chi connectivity index (χ0n) is 15.7. The summed E-state index contributed by atoms with van der Waals surface area (Å²) in [5.41, 5.74) is 2.31. The standard InChI is InChI=1S/C19H27N7/c1-13-14(2)20-12-21-19(13)25-9-15-7-24(8-16(15)10-25)11-18-23-22-17-5-3-4-6-26(17)18/h12,15-16H,3-11H2,1-2H3. The van der Waals surface area contributed by atoms with Crippen molar-refractivity contribution >= 4 is 5.82 Å². The van der Waals surface area contributed by atoms with Crippen LogP contribution >= 0.6 is 0 Å². The van der Waals surface area contributed by atoms with Crippen LogP contribution in [0.5, 0.6) is 0 Å². The molecule has 138 valence electrons. The zero-order chi connectivity index (χ0) is 17.7. The number of likely N-dealkylation sites (tertiary alicyclic amines) is 1. The Morgan fingerprint density at radius 1 is 1.00 bits per heavy atom. The van der Waals surface area contributed by atoms with Crippen molar-refractivity contribution in [3.05, 3.63) is 29.2 Å². The predicted octanol–water partition coefficient (Wildman–Crippen LogP) is 1.59. The zero-order valence-corrected chi connectivity index (χ0v) is 15.7. The molecule has 0 spiro atoms. The molecular weight excluding hydrogens is 326 g/mol. The maximum atomic E-state index is 4.56. The predicted molar refractivity (Wildman–Crippen MR) is 98.9 cm³/mol. The topological polar surface area (TPSA) is 63.0 Å². The van der Waals surface area contributed by atoms with Gasteiger partial charge in [0.1, 0.15) is 23.8 Å². The molecule has 0 bridgehead atoms. The highest BCUT2D eigenvalue weighted by molar-refractivity contribution is 5.48. The van der Waals surface area contributed by atoms with Gasteiger partial charge in [0.05, 0.1) is 6.54 Å². The van der Waals surface area contributed by atoms with Crippen LogP contribution in [0.2, 0.25) is 0 Å². The molecule has 0 aliphatic carbocycles. The van der Waals surface area contributed by atoms with E-state index in [9.17, 15) is 0 Å². The van der Waals surface area contributed by atoms with Crippen LogP contribution in [0.25, 0.3) is 0 Å². The van der Waals surface area contributed by atoms with Crippen molar-refractivity contribution in [2.75, 3.05) is 31.1 Å². The number of rotatable bonds is 3. The van der Waals surface area contributed by atoms with Crippen LogP contribution in [0.4, 0.5) is 5.82 Å². The molecule has 2 saturated heterocycles. The van der Waals surface area contributed by atoms with Gasteiger partial charge in [0.2, 0.25) is 0 Å². The fraction of sp³-hybridized carbons (Fsp3) is 0.684. The van der Waals surface area contributed by atoms with Crippen LogP contribution < -0.4 is 4.90 Å². The van der Waals surface area contributed by atoms with Crippen molar-refractivity contribution < 1.29 is 0 Å². The SMILES string of the molecule is Cc1ncnc(N2CC3CN(Cc4nnc5n4CCCC5)CC3C2)c1C. The maximum absolute atomic E-state index is 4.56. The van der Waals surface area contributed by atoms with E-state index < -0.39 is 0 Å². The van der Waals surface area contributed by atoms with Crippen LogP contribution in [0.3, 0.4) is 0 Å². The molecule has 0 aromatic carbocycles. The van der Waals surface area contributed by atoms with Gasteiger partial charge in [-0.1, -0.05) is 0 Å². The van der Waals surface area contributed by atoms with Crippen LogP contribution in [0, 0.1) is 25.7 Å². The van der Waals surface area contributed by atoms with E-state index in [1.165, 1.54) is 30.1 Å². The lowest BCUT2D eigenvalue weighted by Gasteiger charge is -2.24. The Kier molecular flexibility index (Phi) is 3.92. The lowest BCUT2D eigenvalue weighted by molar-refractivity contribution is 0.293. The minimum Gasteiger partial charge on any atom is -0.356 e. The minimum atomic E-state index is 0.730. The Hall–Kier alpha value is -2.02. The van der Waals surface area contributed by atoms with Crippen LogP contribution in [-0.2, 0) is 19.5 Å². The lowest BCUT2D eigenvalue weighted by atomic mass is 10.0. The van der Waals surface area contributed by atoms with E-state index in [1.54, 1.807) is 6.33 Å². The minimum absolute atomic E-state index is 0.730. The molecule has 5 heterocycles. The number of hydrogen-bond donors (Lipinski definition) is 0. The second-order valence-electron chi connectivity index (χ2n) is 8.17. The van der Waals surface area contributed by atoms with Crippen molar-refractivity contribution in [3.63, 3.8) is 0 Å². The molecule has 2 atom stereocenters. The average molecular weight is 353 g/mol. The summed E-state index contributed by atoms with van der Waals surface area (Å²) in [5.74, 6) is 4.94. The Balaban J connectivity index is 1.25. The third kappa shape index (κ3) is 2.69. The maximum Gasteiger partial charge on any atom is 0.147 e. The number of aryl methyl sites for hydroxylation is 2. The molecule has 0 amide bonds. The molecule has 2 aromatic heterocycles. The van der Waals surface area contributed by atoms with Gasteiger partial charge in [-0.3, -0.25) is 4.90 Å². The molecule has 0 N–H and O–H groups in total. The molecule has 3 aliphatic rings. The first-order chi connectivity index (χ1) is 12.7. The molecule has 0 saturated carbocycles. The van der Waals surface area contributed by atoms with Gasteiger partial charge in [0, 0.05) is 50.4 Å². The monoisotopic (exact) mass is 353 g/mol. The first-order valence-electron chi connectivity index (χ1n) is 9.85. The Labute approximate surface area is 154 Å². The average Bonchev–Trinajstić information content (AvgIpc) is 3.31. The highest BCUT2D eigenvalue weighted by atomic mass is 15.3. The molecule has 2 aromatic rings. The van der Waals surface area contributed by atoms with Gasteiger partial charge in [-0.15, -0.1) is 10.2 Å². The van der Waals surface area contributed by atoms with Gasteiger partial charge in [-0.05, 0) is 38.5 Å². The summed E-state index contributed by atoms with van der Waals surface area (Å²) in [6.45, 7) is 10.8. The summed E-state index contributed by atoms with van der Waals surface area (Å²) in [4.78, 5) is 13.9. The van der Waals surface area contributed by atoms with Crippen molar-refractivity contribution in [3.8, 4) is 0 Å². The lowest BCUT2D eigenvalue weighted by Crippen LogP contribution is -2.30. The molecular formula is C19H27N7. The fourth-order valence-corrected chi connectivity index (χ4v) is 4.92. The van der Waals surface area contributed by atoms with Gasteiger partial charge in [0.25, 0.3) is 0 Å². The fourth-order valence-electron chi connectivity index (χ4n) is 4.92. The summed E-state index contributed by atoms with van der Waals surface area (Å²) in [7, 11) is 0. The van der Waals surface area contributed by atoms with Gasteiger partial charge >= 0.3 is 0 Å². The number of anilines is 1. The van der Waals surface area contributed by atoms with Gasteiger partial charge in [0.15, 0.2) is 0 Å². The first kappa shape index (κ1) is 16.2. The van der Waals surface area contributed by atoms with E-state index >= 15 is 0 Å². The van der Waals surface area contributed by atoms with Crippen LogP contribution in [0.1, 0.15) is 35.7 Å². The van der Waals surface area contributed by atoms with Crippen molar-refractivity contribution in [1.82, 2.24) is 29.6 Å². The smallest absolute Gasteiger partial charge is 0.147 e. The van der Waals surface area contributed by atoms with Gasteiger partial charge < -0.3 is 9.47 Å². The molecule has 2 fully saturated rings.